The number of benzene rings is 1. The number of methoxy groups -OCH3 is 2. The maximum Gasteiger partial charge on any atom is 0.127 e. The number of rotatable bonds is 6. The summed E-state index contributed by atoms with van der Waals surface area (Å²) in [6.07, 6.45) is -0.0322. The molecule has 2 unspecified atom stereocenters. The average molecular weight is 362 g/mol. The minimum Gasteiger partial charge on any atom is -0.382 e. The second-order valence-electron chi connectivity index (χ2n) is 4.64. The van der Waals surface area contributed by atoms with Crippen LogP contribution in [0.5, 0.6) is 0 Å². The molecule has 0 aliphatic rings. The van der Waals surface area contributed by atoms with Crippen LogP contribution in [0, 0.1) is 0 Å². The fourth-order valence-electron chi connectivity index (χ4n) is 2.20. The van der Waals surface area contributed by atoms with Gasteiger partial charge in [0.15, 0.2) is 0 Å². The van der Waals surface area contributed by atoms with Crippen molar-refractivity contribution in [2.24, 2.45) is 0 Å². The summed E-state index contributed by atoms with van der Waals surface area (Å²) in [5, 5.41) is -0.166. The number of hydrogen-bond donors (Lipinski definition) is 0. The fraction of sp³-hybridized carbons (Fsp3) is 0.500. The highest BCUT2D eigenvalue weighted by atomic mass is 79.9. The highest BCUT2D eigenvalue weighted by molar-refractivity contribution is 9.10. The normalized spacial score (nSPS) is 14.7. The second kappa shape index (κ2) is 6.89. The van der Waals surface area contributed by atoms with Crippen molar-refractivity contribution in [2.45, 2.75) is 24.9 Å². The number of halogens is 2. The molecule has 2 atom stereocenters. The van der Waals surface area contributed by atoms with E-state index in [1.807, 2.05) is 25.1 Å². The molecule has 1 heterocycles. The summed E-state index contributed by atoms with van der Waals surface area (Å²) in [4.78, 5) is 4.63. The van der Waals surface area contributed by atoms with E-state index in [1.165, 1.54) is 0 Å². The number of fused-ring (bicyclic) bond motifs is 1. The van der Waals surface area contributed by atoms with Gasteiger partial charge >= 0.3 is 0 Å². The van der Waals surface area contributed by atoms with Crippen LogP contribution in [0.15, 0.2) is 22.7 Å². The third kappa shape index (κ3) is 3.34. The van der Waals surface area contributed by atoms with Gasteiger partial charge in [-0.1, -0.05) is 15.9 Å². The molecule has 1 aromatic heterocycles. The second-order valence-corrected chi connectivity index (χ2v) is 6.21. The first-order valence-electron chi connectivity index (χ1n) is 6.38. The molecule has 0 saturated carbocycles. The van der Waals surface area contributed by atoms with Crippen LogP contribution in [0.4, 0.5) is 0 Å². The maximum absolute atomic E-state index is 6.26. The lowest BCUT2D eigenvalue weighted by Gasteiger charge is -2.18. The molecule has 110 valence electrons. The Hall–Kier alpha value is -0.620. The first-order chi connectivity index (χ1) is 9.56. The summed E-state index contributed by atoms with van der Waals surface area (Å²) in [5.41, 5.74) is 1.97. The molecule has 0 aliphatic carbocycles. The Balaban J connectivity index is 2.45. The molecule has 0 fully saturated rings. The topological polar surface area (TPSA) is 36.3 Å². The van der Waals surface area contributed by atoms with Gasteiger partial charge in [-0.25, -0.2) is 4.98 Å². The summed E-state index contributed by atoms with van der Waals surface area (Å²) >= 11 is 9.72. The Labute approximate surface area is 132 Å². The van der Waals surface area contributed by atoms with Gasteiger partial charge in [-0.05, 0) is 25.1 Å². The molecule has 20 heavy (non-hydrogen) atoms. The monoisotopic (exact) mass is 360 g/mol. The van der Waals surface area contributed by atoms with Crippen LogP contribution in [0.25, 0.3) is 11.0 Å². The van der Waals surface area contributed by atoms with E-state index < -0.39 is 0 Å². The summed E-state index contributed by atoms with van der Waals surface area (Å²) in [6.45, 7) is 3.12. The van der Waals surface area contributed by atoms with Gasteiger partial charge in [0.2, 0.25) is 0 Å². The van der Waals surface area contributed by atoms with E-state index in [-0.39, 0.29) is 11.5 Å². The molecule has 0 saturated heterocycles. The summed E-state index contributed by atoms with van der Waals surface area (Å²) in [5.74, 6) is 0.845. The average Bonchev–Trinajstić information content (AvgIpc) is 2.76. The number of ether oxygens (including phenoxy) is 2. The van der Waals surface area contributed by atoms with E-state index in [0.717, 1.165) is 21.3 Å². The Morgan fingerprint density at radius 2 is 2.15 bits per heavy atom. The number of aromatic nitrogens is 2. The zero-order valence-electron chi connectivity index (χ0n) is 11.8. The molecule has 0 bridgehead atoms. The predicted octanol–water partition coefficient (Wildman–Crippen LogP) is 3.76. The van der Waals surface area contributed by atoms with E-state index in [4.69, 9.17) is 21.1 Å². The van der Waals surface area contributed by atoms with Crippen molar-refractivity contribution in [1.82, 2.24) is 9.55 Å². The van der Waals surface area contributed by atoms with Crippen LogP contribution in [0.3, 0.4) is 0 Å². The summed E-state index contributed by atoms with van der Waals surface area (Å²) in [7, 11) is 3.35. The Morgan fingerprint density at radius 1 is 1.40 bits per heavy atom. The lowest BCUT2D eigenvalue weighted by Crippen LogP contribution is -2.24. The first-order valence-corrected chi connectivity index (χ1v) is 7.61. The lowest BCUT2D eigenvalue weighted by atomic mass is 10.3. The van der Waals surface area contributed by atoms with Crippen molar-refractivity contribution in [1.29, 1.82) is 0 Å². The molecule has 6 heteroatoms. The SMILES string of the molecule is COCC(Cn1c(C(C)Cl)nc2cc(Br)ccc21)OC. The number of alkyl halides is 1. The van der Waals surface area contributed by atoms with E-state index in [1.54, 1.807) is 14.2 Å². The molecular weight excluding hydrogens is 344 g/mol. The van der Waals surface area contributed by atoms with Crippen molar-refractivity contribution in [2.75, 3.05) is 20.8 Å². The van der Waals surface area contributed by atoms with Gasteiger partial charge in [-0.2, -0.15) is 0 Å². The lowest BCUT2D eigenvalue weighted by molar-refractivity contribution is 0.0185. The molecule has 4 nitrogen and oxygen atoms in total. The molecule has 0 N–H and O–H groups in total. The quantitative estimate of drug-likeness (QED) is 0.735. The number of imidazole rings is 1. The van der Waals surface area contributed by atoms with Crippen LogP contribution in [-0.4, -0.2) is 36.5 Å². The van der Waals surface area contributed by atoms with Crippen molar-refractivity contribution in [3.63, 3.8) is 0 Å². The third-order valence-corrected chi connectivity index (χ3v) is 3.86. The fourth-order valence-corrected chi connectivity index (χ4v) is 2.72. The molecule has 0 radical (unpaired) electrons. The smallest absolute Gasteiger partial charge is 0.127 e. The Bertz CT molecular complexity index is 586. The van der Waals surface area contributed by atoms with Crippen LogP contribution in [0.2, 0.25) is 0 Å². The van der Waals surface area contributed by atoms with Crippen LogP contribution in [0.1, 0.15) is 18.1 Å². The zero-order valence-corrected chi connectivity index (χ0v) is 14.1. The van der Waals surface area contributed by atoms with Gasteiger partial charge in [0.05, 0.1) is 35.7 Å². The highest BCUT2D eigenvalue weighted by Gasteiger charge is 2.18. The van der Waals surface area contributed by atoms with Crippen molar-refractivity contribution >= 4 is 38.6 Å². The minimum atomic E-state index is -0.166. The Morgan fingerprint density at radius 3 is 2.75 bits per heavy atom. The van der Waals surface area contributed by atoms with Crippen molar-refractivity contribution < 1.29 is 9.47 Å². The Kier molecular flexibility index (Phi) is 5.43. The van der Waals surface area contributed by atoms with Gasteiger partial charge in [0, 0.05) is 18.7 Å². The van der Waals surface area contributed by atoms with Gasteiger partial charge < -0.3 is 14.0 Å². The first kappa shape index (κ1) is 15.8. The molecule has 2 rings (SSSR count). The molecular formula is C14H18BrClN2O2. The third-order valence-electron chi connectivity index (χ3n) is 3.17. The van der Waals surface area contributed by atoms with Crippen LogP contribution >= 0.6 is 27.5 Å². The maximum atomic E-state index is 6.26. The van der Waals surface area contributed by atoms with Gasteiger partial charge in [0.25, 0.3) is 0 Å². The van der Waals surface area contributed by atoms with Gasteiger partial charge in [-0.15, -0.1) is 11.6 Å². The predicted molar refractivity (Wildman–Crippen MR) is 84.4 cm³/mol. The summed E-state index contributed by atoms with van der Waals surface area (Å²) in [6, 6.07) is 6.03. The van der Waals surface area contributed by atoms with Crippen molar-refractivity contribution in [3.05, 3.63) is 28.5 Å². The van der Waals surface area contributed by atoms with Crippen LogP contribution in [-0.2, 0) is 16.0 Å². The largest absolute Gasteiger partial charge is 0.382 e. The number of nitrogens with zero attached hydrogens (tertiary/aromatic N) is 2. The molecule has 0 spiro atoms. The van der Waals surface area contributed by atoms with Gasteiger partial charge in [-0.3, -0.25) is 0 Å². The minimum absolute atomic E-state index is 0.0322. The molecule has 0 amide bonds. The molecule has 1 aromatic carbocycles. The van der Waals surface area contributed by atoms with Crippen LogP contribution < -0.4 is 0 Å². The van der Waals surface area contributed by atoms with E-state index in [2.05, 4.69) is 25.5 Å². The standard InChI is InChI=1S/C14H18BrClN2O2/c1-9(16)14-17-12-6-10(15)4-5-13(12)18(14)7-11(20-3)8-19-2/h4-6,9,11H,7-8H2,1-3H3. The molecule has 0 aliphatic heterocycles. The summed E-state index contributed by atoms with van der Waals surface area (Å²) < 4.78 is 13.7. The van der Waals surface area contributed by atoms with Gasteiger partial charge in [0.1, 0.15) is 5.82 Å². The van der Waals surface area contributed by atoms with E-state index >= 15 is 0 Å². The number of hydrogen-bond acceptors (Lipinski definition) is 3. The van der Waals surface area contributed by atoms with E-state index in [9.17, 15) is 0 Å². The zero-order chi connectivity index (χ0) is 14.7. The van der Waals surface area contributed by atoms with E-state index in [0.29, 0.717) is 13.2 Å². The highest BCUT2D eigenvalue weighted by Crippen LogP contribution is 2.27. The van der Waals surface area contributed by atoms with Crippen molar-refractivity contribution in [3.8, 4) is 0 Å². The molecule has 2 aromatic rings.